The van der Waals surface area contributed by atoms with Crippen molar-refractivity contribution >= 4 is 27.0 Å². The molecule has 0 fully saturated rings. The summed E-state index contributed by atoms with van der Waals surface area (Å²) in [5, 5.41) is 0. The highest BCUT2D eigenvalue weighted by atomic mass is 79.9. The van der Waals surface area contributed by atoms with Crippen molar-refractivity contribution in [2.45, 2.75) is 0 Å². The third-order valence-corrected chi connectivity index (χ3v) is 2.94. The zero-order valence-corrected chi connectivity index (χ0v) is 11.1. The van der Waals surface area contributed by atoms with Crippen LogP contribution < -0.4 is 4.74 Å². The first-order chi connectivity index (χ1) is 8.74. The fourth-order valence-corrected chi connectivity index (χ4v) is 2.02. The molecule has 0 amide bonds. The van der Waals surface area contributed by atoms with Crippen molar-refractivity contribution in [2.75, 3.05) is 0 Å². The van der Waals surface area contributed by atoms with Gasteiger partial charge in [-0.3, -0.25) is 4.98 Å². The molecule has 3 heterocycles. The minimum absolute atomic E-state index is 0.480. The number of fused-ring (bicyclic) bond motifs is 1. The average Bonchev–Trinajstić information content (AvgIpc) is 2.73. The molecular weight excluding hydrogens is 296 g/mol. The van der Waals surface area contributed by atoms with Gasteiger partial charge in [0.1, 0.15) is 5.75 Å². The van der Waals surface area contributed by atoms with Crippen LogP contribution in [-0.2, 0) is 7.05 Å². The smallest absolute Gasteiger partial charge is 0.247 e. The second-order valence-electron chi connectivity index (χ2n) is 3.78. The average molecular weight is 305 g/mol. The van der Waals surface area contributed by atoms with Crippen molar-refractivity contribution in [1.29, 1.82) is 0 Å². The lowest BCUT2D eigenvalue weighted by Gasteiger charge is -2.05. The number of ether oxygens (including phenoxy) is 1. The Morgan fingerprint density at radius 3 is 3.00 bits per heavy atom. The van der Waals surface area contributed by atoms with Gasteiger partial charge in [-0.25, -0.2) is 9.97 Å². The number of hydrogen-bond donors (Lipinski definition) is 0. The quantitative estimate of drug-likeness (QED) is 0.730. The summed E-state index contributed by atoms with van der Waals surface area (Å²) in [6.07, 6.45) is 6.76. The SMILES string of the molecule is Cn1cnc2c(Oc3cncc(Br)c3)nccc21. The van der Waals surface area contributed by atoms with Crippen LogP contribution in [0.15, 0.2) is 41.5 Å². The number of hydrogen-bond acceptors (Lipinski definition) is 4. The molecule has 0 unspecified atom stereocenters. The Hall–Kier alpha value is -1.95. The Labute approximate surface area is 112 Å². The van der Waals surface area contributed by atoms with Crippen molar-refractivity contribution in [3.05, 3.63) is 41.5 Å². The molecule has 0 saturated carbocycles. The van der Waals surface area contributed by atoms with Gasteiger partial charge in [-0.15, -0.1) is 0 Å². The molecule has 3 aromatic heterocycles. The van der Waals surface area contributed by atoms with Gasteiger partial charge in [0.05, 0.1) is 18.0 Å². The second kappa shape index (κ2) is 4.38. The van der Waals surface area contributed by atoms with Gasteiger partial charge in [0.2, 0.25) is 5.88 Å². The van der Waals surface area contributed by atoms with Crippen LogP contribution in [0.3, 0.4) is 0 Å². The highest BCUT2D eigenvalue weighted by Crippen LogP contribution is 2.26. The summed E-state index contributed by atoms with van der Waals surface area (Å²) in [5.41, 5.74) is 1.71. The Morgan fingerprint density at radius 1 is 1.28 bits per heavy atom. The van der Waals surface area contributed by atoms with Crippen LogP contribution in [0.2, 0.25) is 0 Å². The Morgan fingerprint density at radius 2 is 2.17 bits per heavy atom. The summed E-state index contributed by atoms with van der Waals surface area (Å²) in [5.74, 6) is 1.10. The number of aryl methyl sites for hydroxylation is 1. The Kier molecular flexibility index (Phi) is 2.71. The van der Waals surface area contributed by atoms with Gasteiger partial charge < -0.3 is 9.30 Å². The summed E-state index contributed by atoms with van der Waals surface area (Å²) in [7, 11) is 1.93. The standard InChI is InChI=1S/C12H9BrN4O/c1-17-7-16-11-10(17)2-3-15-12(11)18-9-4-8(13)5-14-6-9/h2-7H,1H3. The summed E-state index contributed by atoms with van der Waals surface area (Å²) < 4.78 is 8.48. The van der Waals surface area contributed by atoms with E-state index in [1.54, 1.807) is 24.9 Å². The van der Waals surface area contributed by atoms with Crippen molar-refractivity contribution < 1.29 is 4.74 Å². The Bertz CT molecular complexity index is 710. The molecule has 3 rings (SSSR count). The van der Waals surface area contributed by atoms with E-state index in [0.29, 0.717) is 11.6 Å². The molecule has 5 nitrogen and oxygen atoms in total. The molecule has 0 N–H and O–H groups in total. The van der Waals surface area contributed by atoms with Gasteiger partial charge >= 0.3 is 0 Å². The maximum Gasteiger partial charge on any atom is 0.247 e. The predicted molar refractivity (Wildman–Crippen MR) is 70.5 cm³/mol. The van der Waals surface area contributed by atoms with E-state index in [-0.39, 0.29) is 0 Å². The van der Waals surface area contributed by atoms with Crippen molar-refractivity contribution in [3.8, 4) is 11.6 Å². The van der Waals surface area contributed by atoms with Gasteiger partial charge in [-0.05, 0) is 28.1 Å². The van der Waals surface area contributed by atoms with Crippen LogP contribution in [0.4, 0.5) is 0 Å². The molecule has 18 heavy (non-hydrogen) atoms. The second-order valence-corrected chi connectivity index (χ2v) is 4.70. The monoisotopic (exact) mass is 304 g/mol. The molecule has 0 radical (unpaired) electrons. The first-order valence-corrected chi connectivity index (χ1v) is 6.08. The molecule has 0 aliphatic rings. The highest BCUT2D eigenvalue weighted by molar-refractivity contribution is 9.10. The number of rotatable bonds is 2. The molecule has 6 heteroatoms. The number of aromatic nitrogens is 4. The van der Waals surface area contributed by atoms with Crippen LogP contribution in [-0.4, -0.2) is 19.5 Å². The van der Waals surface area contributed by atoms with Crippen molar-refractivity contribution in [2.24, 2.45) is 7.05 Å². The van der Waals surface area contributed by atoms with Gasteiger partial charge in [-0.1, -0.05) is 0 Å². The molecule has 0 saturated heterocycles. The molecule has 0 aromatic carbocycles. The largest absolute Gasteiger partial charge is 0.435 e. The lowest BCUT2D eigenvalue weighted by Crippen LogP contribution is -1.91. The fraction of sp³-hybridized carbons (Fsp3) is 0.0833. The van der Waals surface area contributed by atoms with Crippen molar-refractivity contribution in [1.82, 2.24) is 19.5 Å². The van der Waals surface area contributed by atoms with E-state index >= 15 is 0 Å². The van der Waals surface area contributed by atoms with Gasteiger partial charge in [0.25, 0.3) is 0 Å². The topological polar surface area (TPSA) is 52.8 Å². The van der Waals surface area contributed by atoms with E-state index in [1.807, 2.05) is 23.7 Å². The van der Waals surface area contributed by atoms with Crippen LogP contribution in [0.25, 0.3) is 11.0 Å². The molecule has 0 aliphatic heterocycles. The minimum atomic E-state index is 0.480. The fourth-order valence-electron chi connectivity index (χ4n) is 1.67. The number of pyridine rings is 2. The number of nitrogens with zero attached hydrogens (tertiary/aromatic N) is 4. The van der Waals surface area contributed by atoms with Crippen LogP contribution in [0.1, 0.15) is 0 Å². The molecule has 0 bridgehead atoms. The summed E-state index contributed by atoms with van der Waals surface area (Å²) in [6, 6.07) is 3.73. The van der Waals surface area contributed by atoms with E-state index in [1.165, 1.54) is 0 Å². The molecule has 0 aliphatic carbocycles. The molecular formula is C12H9BrN4O. The third-order valence-electron chi connectivity index (χ3n) is 2.50. The minimum Gasteiger partial charge on any atom is -0.435 e. The van der Waals surface area contributed by atoms with Crippen LogP contribution in [0.5, 0.6) is 11.6 Å². The van der Waals surface area contributed by atoms with Gasteiger partial charge in [-0.2, -0.15) is 0 Å². The lowest BCUT2D eigenvalue weighted by molar-refractivity contribution is 0.465. The molecule has 3 aromatic rings. The lowest BCUT2D eigenvalue weighted by atomic mass is 10.4. The highest BCUT2D eigenvalue weighted by Gasteiger charge is 2.09. The molecule has 90 valence electrons. The number of halogens is 1. The van der Waals surface area contributed by atoms with Crippen LogP contribution in [0, 0.1) is 0 Å². The Balaban J connectivity index is 2.05. The van der Waals surface area contributed by atoms with Gasteiger partial charge in [0, 0.05) is 23.9 Å². The van der Waals surface area contributed by atoms with E-state index in [0.717, 1.165) is 15.5 Å². The number of imidazole rings is 1. The zero-order chi connectivity index (χ0) is 12.5. The van der Waals surface area contributed by atoms with Crippen molar-refractivity contribution in [3.63, 3.8) is 0 Å². The summed E-state index contributed by atoms with van der Waals surface area (Å²) >= 11 is 3.35. The van der Waals surface area contributed by atoms with Gasteiger partial charge in [0.15, 0.2) is 5.52 Å². The molecule has 0 atom stereocenters. The normalized spacial score (nSPS) is 10.8. The first kappa shape index (κ1) is 11.2. The molecule has 0 spiro atoms. The summed E-state index contributed by atoms with van der Waals surface area (Å²) in [4.78, 5) is 12.5. The van der Waals surface area contributed by atoms with E-state index in [2.05, 4.69) is 30.9 Å². The third kappa shape index (κ3) is 1.95. The first-order valence-electron chi connectivity index (χ1n) is 5.28. The van der Waals surface area contributed by atoms with E-state index in [9.17, 15) is 0 Å². The maximum absolute atomic E-state index is 5.71. The van der Waals surface area contributed by atoms with E-state index in [4.69, 9.17) is 4.74 Å². The van der Waals surface area contributed by atoms with Crippen LogP contribution >= 0.6 is 15.9 Å². The summed E-state index contributed by atoms with van der Waals surface area (Å²) in [6.45, 7) is 0. The maximum atomic E-state index is 5.71. The predicted octanol–water partition coefficient (Wildman–Crippen LogP) is 2.92. The zero-order valence-electron chi connectivity index (χ0n) is 9.54. The van der Waals surface area contributed by atoms with E-state index < -0.39 is 0 Å².